The van der Waals surface area contributed by atoms with Crippen molar-refractivity contribution in [1.29, 1.82) is 0 Å². The molecule has 0 fully saturated rings. The normalized spacial score (nSPS) is 12.1. The van der Waals surface area contributed by atoms with Gasteiger partial charge in [-0.05, 0) is 44.0 Å². The summed E-state index contributed by atoms with van der Waals surface area (Å²) in [4.78, 5) is 24.1. The van der Waals surface area contributed by atoms with Crippen molar-refractivity contribution in [1.82, 2.24) is 10.4 Å². The Hall–Kier alpha value is -3.06. The van der Waals surface area contributed by atoms with Crippen molar-refractivity contribution in [3.63, 3.8) is 0 Å². The maximum Gasteiger partial charge on any atom is 0.425 e. The molecule has 2 N–H and O–H groups in total. The first-order chi connectivity index (χ1) is 13.7. The first kappa shape index (κ1) is 22.2. The smallest absolute Gasteiger partial charge is 0.425 e. The van der Waals surface area contributed by atoms with Crippen LogP contribution in [0.2, 0.25) is 0 Å². The molecule has 1 unspecified atom stereocenters. The third kappa shape index (κ3) is 7.12. The van der Waals surface area contributed by atoms with Gasteiger partial charge in [-0.3, -0.25) is 0 Å². The number of nitrogens with one attached hydrogen (secondary N) is 1. The number of carboxylic acids is 1. The molecule has 0 bridgehead atoms. The quantitative estimate of drug-likeness (QED) is 0.658. The summed E-state index contributed by atoms with van der Waals surface area (Å²) in [5, 5.41) is 10.6. The molecule has 2 aromatic rings. The Kier molecular flexibility index (Phi) is 7.61. The number of amides is 1. The zero-order chi connectivity index (χ0) is 21.4. The molecule has 0 saturated heterocycles. The highest BCUT2D eigenvalue weighted by Gasteiger charge is 2.32. The molecule has 1 amide bonds. The molecule has 0 aromatic heterocycles. The number of aliphatic carboxylic acids is 1. The van der Waals surface area contributed by atoms with Crippen LogP contribution in [0.4, 0.5) is 4.79 Å². The predicted octanol–water partition coefficient (Wildman–Crippen LogP) is 3.63. The number of ether oxygens (including phenoxy) is 2. The summed E-state index contributed by atoms with van der Waals surface area (Å²) in [5.41, 5.74) is 3.72. The second kappa shape index (κ2) is 9.93. The van der Waals surface area contributed by atoms with Crippen LogP contribution in [0.15, 0.2) is 54.6 Å². The van der Waals surface area contributed by atoms with Crippen molar-refractivity contribution in [3.05, 3.63) is 65.7 Å². The summed E-state index contributed by atoms with van der Waals surface area (Å²) in [6.07, 6.45) is -0.621. The lowest BCUT2D eigenvalue weighted by molar-refractivity contribution is -0.144. The van der Waals surface area contributed by atoms with E-state index < -0.39 is 23.7 Å². The molecule has 0 spiro atoms. The van der Waals surface area contributed by atoms with Gasteiger partial charge in [-0.1, -0.05) is 42.5 Å². The number of carbonyl (C=O) groups excluding carboxylic acids is 1. The van der Waals surface area contributed by atoms with Gasteiger partial charge in [0.1, 0.15) is 18.0 Å². The van der Waals surface area contributed by atoms with E-state index >= 15 is 0 Å². The van der Waals surface area contributed by atoms with Crippen LogP contribution in [-0.2, 0) is 22.6 Å². The molecule has 0 saturated carbocycles. The Balaban J connectivity index is 2.04. The number of benzene rings is 2. The number of hydrogen-bond donors (Lipinski definition) is 2. The number of carbonyl (C=O) groups is 2. The summed E-state index contributed by atoms with van der Waals surface area (Å²) in [7, 11) is 1.49. The van der Waals surface area contributed by atoms with Crippen molar-refractivity contribution in [2.75, 3.05) is 7.05 Å². The molecule has 29 heavy (non-hydrogen) atoms. The number of carboxylic acid groups (broad SMARTS) is 1. The third-order valence-corrected chi connectivity index (χ3v) is 4.03. The molecule has 0 aliphatic heterocycles. The monoisotopic (exact) mass is 400 g/mol. The lowest BCUT2D eigenvalue weighted by Gasteiger charge is -2.30. The Labute approximate surface area is 171 Å². The van der Waals surface area contributed by atoms with E-state index in [2.05, 4.69) is 5.43 Å². The largest absolute Gasteiger partial charge is 0.489 e. The number of nitrogens with zero attached hydrogens (tertiary/aromatic N) is 1. The highest BCUT2D eigenvalue weighted by atomic mass is 16.6. The second-order valence-electron chi connectivity index (χ2n) is 7.55. The van der Waals surface area contributed by atoms with Crippen molar-refractivity contribution in [2.24, 2.45) is 0 Å². The minimum absolute atomic E-state index is 0.119. The Morgan fingerprint density at radius 2 is 1.66 bits per heavy atom. The van der Waals surface area contributed by atoms with Crippen LogP contribution in [0.3, 0.4) is 0 Å². The van der Waals surface area contributed by atoms with Crippen molar-refractivity contribution >= 4 is 12.1 Å². The molecule has 2 aromatic carbocycles. The molecule has 2 rings (SSSR count). The van der Waals surface area contributed by atoms with Gasteiger partial charge in [-0.15, -0.1) is 0 Å². The maximum atomic E-state index is 12.4. The average Bonchev–Trinajstić information content (AvgIpc) is 2.66. The molecular formula is C22H28N2O5. The zero-order valence-corrected chi connectivity index (χ0v) is 17.2. The maximum absolute atomic E-state index is 12.4. The zero-order valence-electron chi connectivity index (χ0n) is 17.2. The molecule has 7 heteroatoms. The van der Waals surface area contributed by atoms with Crippen molar-refractivity contribution in [3.8, 4) is 5.75 Å². The Morgan fingerprint density at radius 1 is 1.03 bits per heavy atom. The van der Waals surface area contributed by atoms with Gasteiger partial charge in [0.15, 0.2) is 6.04 Å². The molecule has 0 radical (unpaired) electrons. The second-order valence-corrected chi connectivity index (χ2v) is 7.55. The van der Waals surface area contributed by atoms with Gasteiger partial charge in [0.2, 0.25) is 0 Å². The number of hydrazine groups is 1. The van der Waals surface area contributed by atoms with E-state index in [1.54, 1.807) is 45.0 Å². The van der Waals surface area contributed by atoms with Crippen LogP contribution < -0.4 is 10.2 Å². The Bertz CT molecular complexity index is 800. The van der Waals surface area contributed by atoms with Crippen molar-refractivity contribution in [2.45, 2.75) is 45.4 Å². The summed E-state index contributed by atoms with van der Waals surface area (Å²) in [6.45, 7) is 5.62. The van der Waals surface area contributed by atoms with Gasteiger partial charge in [0.05, 0.1) is 0 Å². The van der Waals surface area contributed by atoms with Crippen LogP contribution in [0.5, 0.6) is 5.75 Å². The molecule has 0 heterocycles. The fraction of sp³-hybridized carbons (Fsp3) is 0.364. The summed E-state index contributed by atoms with van der Waals surface area (Å²) >= 11 is 0. The van der Waals surface area contributed by atoms with Gasteiger partial charge in [0, 0.05) is 13.5 Å². The number of hydrogen-bond acceptors (Lipinski definition) is 5. The third-order valence-electron chi connectivity index (χ3n) is 4.03. The van der Waals surface area contributed by atoms with Gasteiger partial charge >= 0.3 is 12.1 Å². The first-order valence-electron chi connectivity index (χ1n) is 9.37. The molecular weight excluding hydrogens is 372 g/mol. The minimum atomic E-state index is -1.13. The molecule has 156 valence electrons. The fourth-order valence-corrected chi connectivity index (χ4v) is 2.66. The van der Waals surface area contributed by atoms with E-state index in [0.717, 1.165) is 16.1 Å². The van der Waals surface area contributed by atoms with E-state index in [1.807, 2.05) is 30.3 Å². The lowest BCUT2D eigenvalue weighted by atomic mass is 10.1. The van der Waals surface area contributed by atoms with Gasteiger partial charge in [0.25, 0.3) is 0 Å². The van der Waals surface area contributed by atoms with E-state index in [-0.39, 0.29) is 6.42 Å². The number of rotatable bonds is 8. The van der Waals surface area contributed by atoms with E-state index in [1.165, 1.54) is 7.05 Å². The first-order valence-corrected chi connectivity index (χ1v) is 9.37. The average molecular weight is 400 g/mol. The molecule has 1 atom stereocenters. The van der Waals surface area contributed by atoms with E-state index in [0.29, 0.717) is 12.4 Å². The van der Waals surface area contributed by atoms with Gasteiger partial charge < -0.3 is 14.6 Å². The van der Waals surface area contributed by atoms with Crippen LogP contribution in [0.25, 0.3) is 0 Å². The highest BCUT2D eigenvalue weighted by Crippen LogP contribution is 2.18. The van der Waals surface area contributed by atoms with Gasteiger partial charge in [-0.25, -0.2) is 20.0 Å². The Morgan fingerprint density at radius 3 is 2.17 bits per heavy atom. The molecule has 0 aliphatic rings. The topological polar surface area (TPSA) is 88.1 Å². The van der Waals surface area contributed by atoms with Crippen LogP contribution in [0.1, 0.15) is 31.9 Å². The van der Waals surface area contributed by atoms with E-state index in [4.69, 9.17) is 9.47 Å². The highest BCUT2D eigenvalue weighted by molar-refractivity contribution is 5.80. The van der Waals surface area contributed by atoms with Gasteiger partial charge in [-0.2, -0.15) is 0 Å². The lowest BCUT2D eigenvalue weighted by Crippen LogP contribution is -2.53. The molecule has 0 aliphatic carbocycles. The van der Waals surface area contributed by atoms with Crippen LogP contribution in [-0.4, -0.2) is 40.9 Å². The SMILES string of the molecule is CNN(C(=O)OC(C)(C)C)C(Cc1ccc(OCc2ccccc2)cc1)C(=O)O. The fourth-order valence-electron chi connectivity index (χ4n) is 2.66. The van der Waals surface area contributed by atoms with Crippen LogP contribution >= 0.6 is 0 Å². The summed E-state index contributed by atoms with van der Waals surface area (Å²) in [5.74, 6) is -0.447. The predicted molar refractivity (Wildman–Crippen MR) is 109 cm³/mol. The minimum Gasteiger partial charge on any atom is -0.489 e. The standard InChI is InChI=1S/C22H28N2O5/c1-22(2,3)29-21(27)24(23-4)19(20(25)26)14-16-10-12-18(13-11-16)28-15-17-8-6-5-7-9-17/h5-13,19,23H,14-15H2,1-4H3,(H,25,26). The summed E-state index contributed by atoms with van der Waals surface area (Å²) in [6, 6.07) is 15.8. The summed E-state index contributed by atoms with van der Waals surface area (Å²) < 4.78 is 11.0. The van der Waals surface area contributed by atoms with E-state index in [9.17, 15) is 14.7 Å². The molecule has 7 nitrogen and oxygen atoms in total. The van der Waals surface area contributed by atoms with Crippen LogP contribution in [0, 0.1) is 0 Å². The van der Waals surface area contributed by atoms with Crippen molar-refractivity contribution < 1.29 is 24.2 Å².